The topological polar surface area (TPSA) is 92.5 Å². The van der Waals surface area contributed by atoms with Crippen molar-refractivity contribution in [1.29, 1.82) is 0 Å². The molecule has 8 heteroatoms. The fourth-order valence-electron chi connectivity index (χ4n) is 1.56. The molecule has 0 heterocycles. The maximum Gasteiger partial charge on any atom is 0.305 e. The Bertz CT molecular complexity index is 508. The Kier molecular flexibility index (Phi) is 5.98. The van der Waals surface area contributed by atoms with Crippen molar-refractivity contribution in [3.05, 3.63) is 39.4 Å². The lowest BCUT2D eigenvalue weighted by atomic mass is 10.1. The van der Waals surface area contributed by atoms with E-state index in [9.17, 15) is 23.7 Å². The summed E-state index contributed by atoms with van der Waals surface area (Å²) in [6.45, 7) is 0.288. The third kappa shape index (κ3) is 4.23. The van der Waals surface area contributed by atoms with Crippen molar-refractivity contribution in [3.63, 3.8) is 0 Å². The zero-order chi connectivity index (χ0) is 15.1. The number of aliphatic hydroxyl groups excluding tert-OH is 1. The molecule has 1 amide bonds. The highest BCUT2D eigenvalue weighted by molar-refractivity contribution is 5.95. The monoisotopic (exact) mass is 288 g/mol. The predicted octanol–water partition coefficient (Wildman–Crippen LogP) is 1.77. The summed E-state index contributed by atoms with van der Waals surface area (Å²) < 4.78 is 26.5. The van der Waals surface area contributed by atoms with Crippen molar-refractivity contribution in [2.75, 3.05) is 13.2 Å². The van der Waals surface area contributed by atoms with Gasteiger partial charge in [0.1, 0.15) is 5.82 Å². The van der Waals surface area contributed by atoms with Gasteiger partial charge in [0.2, 0.25) is 5.82 Å². The second-order valence-corrected chi connectivity index (χ2v) is 4.08. The molecule has 0 atom stereocenters. The van der Waals surface area contributed by atoms with Gasteiger partial charge in [0.25, 0.3) is 5.91 Å². The Morgan fingerprint density at radius 2 is 1.95 bits per heavy atom. The summed E-state index contributed by atoms with van der Waals surface area (Å²) in [4.78, 5) is 21.1. The van der Waals surface area contributed by atoms with Gasteiger partial charge in [-0.1, -0.05) is 0 Å². The summed E-state index contributed by atoms with van der Waals surface area (Å²) in [5, 5.41) is 21.5. The summed E-state index contributed by atoms with van der Waals surface area (Å²) in [6.07, 6.45) is 1.85. The summed E-state index contributed by atoms with van der Waals surface area (Å²) in [7, 11) is 0. The SMILES string of the molecule is O=C(NCCCCCO)c1cc([N+](=O)[O-])c(F)cc1F. The summed E-state index contributed by atoms with van der Waals surface area (Å²) in [6, 6.07) is 0.895. The highest BCUT2D eigenvalue weighted by Gasteiger charge is 2.21. The summed E-state index contributed by atoms with van der Waals surface area (Å²) >= 11 is 0. The minimum absolute atomic E-state index is 0.0483. The van der Waals surface area contributed by atoms with Crippen LogP contribution in [0.2, 0.25) is 0 Å². The molecule has 0 saturated carbocycles. The Labute approximate surface area is 113 Å². The van der Waals surface area contributed by atoms with Crippen LogP contribution in [0.3, 0.4) is 0 Å². The Hall–Kier alpha value is -2.09. The van der Waals surface area contributed by atoms with E-state index in [0.29, 0.717) is 31.4 Å². The van der Waals surface area contributed by atoms with E-state index in [4.69, 9.17) is 5.11 Å². The van der Waals surface area contributed by atoms with Gasteiger partial charge in [0, 0.05) is 25.3 Å². The molecule has 0 aliphatic rings. The van der Waals surface area contributed by atoms with Crippen LogP contribution in [0.4, 0.5) is 14.5 Å². The molecule has 20 heavy (non-hydrogen) atoms. The van der Waals surface area contributed by atoms with Gasteiger partial charge >= 0.3 is 5.69 Å². The molecule has 0 spiro atoms. The van der Waals surface area contributed by atoms with Crippen molar-refractivity contribution in [2.45, 2.75) is 19.3 Å². The third-order valence-electron chi connectivity index (χ3n) is 2.60. The number of nitro benzene ring substituents is 1. The van der Waals surface area contributed by atoms with E-state index in [1.807, 2.05) is 0 Å². The van der Waals surface area contributed by atoms with E-state index in [-0.39, 0.29) is 13.2 Å². The summed E-state index contributed by atoms with van der Waals surface area (Å²) in [5.74, 6) is -3.32. The van der Waals surface area contributed by atoms with Crippen LogP contribution in [0, 0.1) is 21.7 Å². The van der Waals surface area contributed by atoms with E-state index >= 15 is 0 Å². The molecule has 1 aromatic carbocycles. The molecule has 0 aliphatic carbocycles. The maximum atomic E-state index is 13.4. The number of hydrogen-bond acceptors (Lipinski definition) is 4. The first-order chi connectivity index (χ1) is 9.47. The van der Waals surface area contributed by atoms with Crippen LogP contribution in [-0.4, -0.2) is 29.1 Å². The van der Waals surface area contributed by atoms with Crippen LogP contribution in [0.15, 0.2) is 12.1 Å². The average molecular weight is 288 g/mol. The van der Waals surface area contributed by atoms with Gasteiger partial charge < -0.3 is 10.4 Å². The molecule has 0 fully saturated rings. The second kappa shape index (κ2) is 7.49. The van der Waals surface area contributed by atoms with Crippen molar-refractivity contribution < 1.29 is 23.6 Å². The third-order valence-corrected chi connectivity index (χ3v) is 2.60. The van der Waals surface area contributed by atoms with Crippen LogP contribution in [0.25, 0.3) is 0 Å². The molecule has 0 aromatic heterocycles. The number of halogens is 2. The van der Waals surface area contributed by atoms with Gasteiger partial charge in [0.15, 0.2) is 0 Å². The van der Waals surface area contributed by atoms with Crippen LogP contribution in [0.1, 0.15) is 29.6 Å². The maximum absolute atomic E-state index is 13.4. The number of nitrogens with one attached hydrogen (secondary N) is 1. The standard InChI is InChI=1S/C12H14F2N2O4/c13-9-7-10(14)11(16(19)20)6-8(9)12(18)15-4-2-1-3-5-17/h6-7,17H,1-5H2,(H,15,18). The minimum atomic E-state index is -1.33. The van der Waals surface area contributed by atoms with Crippen molar-refractivity contribution in [3.8, 4) is 0 Å². The number of carbonyl (C=O) groups is 1. The molecular formula is C12H14F2N2O4. The average Bonchev–Trinajstić information content (AvgIpc) is 2.37. The fraction of sp³-hybridized carbons (Fsp3) is 0.417. The Balaban J connectivity index is 2.72. The van der Waals surface area contributed by atoms with Gasteiger partial charge in [-0.15, -0.1) is 0 Å². The van der Waals surface area contributed by atoms with Crippen molar-refractivity contribution in [1.82, 2.24) is 5.32 Å². The Morgan fingerprint density at radius 1 is 1.25 bits per heavy atom. The van der Waals surface area contributed by atoms with Crippen LogP contribution in [0.5, 0.6) is 0 Å². The number of aliphatic hydroxyl groups is 1. The van der Waals surface area contributed by atoms with Gasteiger partial charge in [-0.05, 0) is 19.3 Å². The van der Waals surface area contributed by atoms with Gasteiger partial charge in [-0.25, -0.2) is 4.39 Å². The highest BCUT2D eigenvalue weighted by atomic mass is 19.1. The number of nitrogens with zero attached hydrogens (tertiary/aromatic N) is 1. The quantitative estimate of drug-likeness (QED) is 0.454. The zero-order valence-corrected chi connectivity index (χ0v) is 10.6. The predicted molar refractivity (Wildman–Crippen MR) is 66.3 cm³/mol. The number of benzene rings is 1. The molecule has 0 unspecified atom stereocenters. The largest absolute Gasteiger partial charge is 0.396 e. The minimum Gasteiger partial charge on any atom is -0.396 e. The smallest absolute Gasteiger partial charge is 0.305 e. The normalized spacial score (nSPS) is 10.3. The number of carbonyl (C=O) groups excluding carboxylic acids is 1. The van der Waals surface area contributed by atoms with E-state index in [2.05, 4.69) is 5.32 Å². The van der Waals surface area contributed by atoms with Gasteiger partial charge in [-0.2, -0.15) is 4.39 Å². The lowest BCUT2D eigenvalue weighted by Gasteiger charge is -2.06. The van der Waals surface area contributed by atoms with Gasteiger partial charge in [-0.3, -0.25) is 14.9 Å². The van der Waals surface area contributed by atoms with Crippen LogP contribution in [-0.2, 0) is 0 Å². The molecule has 1 rings (SSSR count). The molecule has 1 aromatic rings. The lowest BCUT2D eigenvalue weighted by molar-refractivity contribution is -0.387. The second-order valence-electron chi connectivity index (χ2n) is 4.08. The fourth-order valence-corrected chi connectivity index (χ4v) is 1.56. The zero-order valence-electron chi connectivity index (χ0n) is 10.6. The number of nitro groups is 1. The van der Waals surface area contributed by atoms with E-state index in [1.165, 1.54) is 0 Å². The molecule has 0 bridgehead atoms. The molecule has 0 radical (unpaired) electrons. The first-order valence-corrected chi connectivity index (χ1v) is 6.00. The molecule has 110 valence electrons. The summed E-state index contributed by atoms with van der Waals surface area (Å²) in [5.41, 5.74) is -1.52. The number of rotatable bonds is 7. The lowest BCUT2D eigenvalue weighted by Crippen LogP contribution is -2.25. The molecular weight excluding hydrogens is 274 g/mol. The molecule has 6 nitrogen and oxygen atoms in total. The number of unbranched alkanes of at least 4 members (excludes halogenated alkanes) is 2. The number of amides is 1. The highest BCUT2D eigenvalue weighted by Crippen LogP contribution is 2.21. The molecule has 0 aliphatic heterocycles. The van der Waals surface area contributed by atoms with E-state index in [1.54, 1.807) is 0 Å². The van der Waals surface area contributed by atoms with Crippen LogP contribution >= 0.6 is 0 Å². The molecule has 0 saturated heterocycles. The van der Waals surface area contributed by atoms with E-state index in [0.717, 1.165) is 0 Å². The molecule has 2 N–H and O–H groups in total. The van der Waals surface area contributed by atoms with E-state index < -0.39 is 33.7 Å². The first kappa shape index (κ1) is 16.0. The van der Waals surface area contributed by atoms with Crippen LogP contribution < -0.4 is 5.32 Å². The van der Waals surface area contributed by atoms with Gasteiger partial charge in [0.05, 0.1) is 10.5 Å². The van der Waals surface area contributed by atoms with Crippen molar-refractivity contribution >= 4 is 11.6 Å². The number of hydrogen-bond donors (Lipinski definition) is 2. The first-order valence-electron chi connectivity index (χ1n) is 6.00. The Morgan fingerprint density at radius 3 is 2.55 bits per heavy atom. The van der Waals surface area contributed by atoms with Crippen molar-refractivity contribution in [2.24, 2.45) is 0 Å².